The van der Waals surface area contributed by atoms with Gasteiger partial charge >= 0.3 is 0 Å². The minimum Gasteiger partial charge on any atom is -0.496 e. The molecule has 0 amide bonds. The summed E-state index contributed by atoms with van der Waals surface area (Å²) in [5.74, 6) is 0.716. The number of likely N-dealkylation sites (N-methyl/N-ethyl adjacent to an activating group) is 1. The number of methoxy groups -OCH3 is 1. The topological polar surface area (TPSA) is 21.3 Å². The van der Waals surface area contributed by atoms with Gasteiger partial charge in [0, 0.05) is 6.04 Å². The van der Waals surface area contributed by atoms with Crippen LogP contribution < -0.4 is 10.1 Å². The van der Waals surface area contributed by atoms with E-state index in [1.165, 1.54) is 6.07 Å². The van der Waals surface area contributed by atoms with Crippen molar-refractivity contribution < 1.29 is 9.13 Å². The molecule has 0 radical (unpaired) electrons. The average molecular weight is 279 g/mol. The van der Waals surface area contributed by atoms with Crippen LogP contribution in [0.5, 0.6) is 5.75 Å². The van der Waals surface area contributed by atoms with Crippen LogP contribution >= 0.6 is 11.3 Å². The summed E-state index contributed by atoms with van der Waals surface area (Å²) >= 11 is 1.64. The highest BCUT2D eigenvalue weighted by molar-refractivity contribution is 7.10. The van der Waals surface area contributed by atoms with Crippen molar-refractivity contribution in [1.82, 2.24) is 5.32 Å². The molecule has 0 saturated heterocycles. The van der Waals surface area contributed by atoms with Gasteiger partial charge in [0.1, 0.15) is 11.6 Å². The minimum atomic E-state index is -0.152. The molecular weight excluding hydrogens is 261 g/mol. The Labute approximate surface area is 117 Å². The zero-order valence-corrected chi connectivity index (χ0v) is 12.0. The molecule has 1 heterocycles. The van der Waals surface area contributed by atoms with Crippen molar-refractivity contribution in [3.63, 3.8) is 0 Å². The van der Waals surface area contributed by atoms with Crippen molar-refractivity contribution in [1.29, 1.82) is 0 Å². The molecule has 102 valence electrons. The van der Waals surface area contributed by atoms with E-state index in [4.69, 9.17) is 4.74 Å². The Bertz CT molecular complexity index is 526. The lowest BCUT2D eigenvalue weighted by molar-refractivity contribution is 0.403. The third kappa shape index (κ3) is 3.33. The Morgan fingerprint density at radius 1 is 1.32 bits per heavy atom. The van der Waals surface area contributed by atoms with Crippen LogP contribution in [0.25, 0.3) is 0 Å². The van der Waals surface area contributed by atoms with E-state index in [1.54, 1.807) is 24.5 Å². The Hall–Kier alpha value is -1.39. The molecule has 1 aromatic carbocycles. The fourth-order valence-electron chi connectivity index (χ4n) is 2.12. The second kappa shape index (κ2) is 6.68. The fraction of sp³-hybridized carbons (Fsp3) is 0.333. The zero-order valence-electron chi connectivity index (χ0n) is 11.2. The maximum atomic E-state index is 13.8. The van der Waals surface area contributed by atoms with Crippen LogP contribution in [-0.4, -0.2) is 13.7 Å². The molecular formula is C15H18FNOS. The van der Waals surface area contributed by atoms with Gasteiger partial charge in [-0.05, 0) is 36.0 Å². The van der Waals surface area contributed by atoms with Crippen molar-refractivity contribution in [2.24, 2.45) is 0 Å². The fourth-order valence-corrected chi connectivity index (χ4v) is 3.06. The number of ether oxygens (including phenoxy) is 1. The van der Waals surface area contributed by atoms with E-state index in [-0.39, 0.29) is 11.9 Å². The molecule has 2 nitrogen and oxygen atoms in total. The number of hydrogen-bond donors (Lipinski definition) is 1. The molecule has 0 aliphatic carbocycles. The molecule has 2 aromatic rings. The van der Waals surface area contributed by atoms with Crippen LogP contribution in [0.3, 0.4) is 0 Å². The lowest BCUT2D eigenvalue weighted by Gasteiger charge is -2.18. The van der Waals surface area contributed by atoms with Crippen LogP contribution in [0.1, 0.15) is 23.4 Å². The monoisotopic (exact) mass is 279 g/mol. The highest BCUT2D eigenvalue weighted by atomic mass is 32.1. The van der Waals surface area contributed by atoms with Crippen molar-refractivity contribution in [2.75, 3.05) is 13.7 Å². The zero-order chi connectivity index (χ0) is 13.7. The van der Waals surface area contributed by atoms with Gasteiger partial charge in [0.15, 0.2) is 0 Å². The number of benzene rings is 1. The normalized spacial score (nSPS) is 12.4. The molecule has 2 rings (SSSR count). The van der Waals surface area contributed by atoms with Gasteiger partial charge in [-0.25, -0.2) is 4.39 Å². The molecule has 0 spiro atoms. The predicted octanol–water partition coefficient (Wildman–Crippen LogP) is 3.79. The van der Waals surface area contributed by atoms with Crippen molar-refractivity contribution in [3.8, 4) is 5.75 Å². The van der Waals surface area contributed by atoms with Gasteiger partial charge in [-0.2, -0.15) is 0 Å². The summed E-state index contributed by atoms with van der Waals surface area (Å²) in [7, 11) is 1.66. The van der Waals surface area contributed by atoms with Gasteiger partial charge in [-0.3, -0.25) is 0 Å². The lowest BCUT2D eigenvalue weighted by Crippen LogP contribution is -2.22. The molecule has 1 aromatic heterocycles. The van der Waals surface area contributed by atoms with Gasteiger partial charge in [-0.1, -0.05) is 25.1 Å². The van der Waals surface area contributed by atoms with Crippen molar-refractivity contribution >= 4 is 11.3 Å². The first kappa shape index (κ1) is 14.0. The molecule has 0 fully saturated rings. The number of nitrogens with one attached hydrogen (secondary N) is 1. The number of halogens is 1. The molecule has 1 N–H and O–H groups in total. The van der Waals surface area contributed by atoms with E-state index in [0.29, 0.717) is 6.42 Å². The van der Waals surface area contributed by atoms with E-state index >= 15 is 0 Å². The van der Waals surface area contributed by atoms with E-state index in [9.17, 15) is 4.39 Å². The average Bonchev–Trinajstić information content (AvgIpc) is 2.89. The molecule has 0 aliphatic heterocycles. The number of rotatable bonds is 6. The standard InChI is InChI=1S/C15H18FNOS/c1-3-17-13(15-14(18-2)8-9-19-15)10-11-6-4-5-7-12(11)16/h4-9,13,17H,3,10H2,1-2H3. The largest absolute Gasteiger partial charge is 0.496 e. The summed E-state index contributed by atoms with van der Waals surface area (Å²) in [6, 6.07) is 8.95. The van der Waals surface area contributed by atoms with Gasteiger partial charge in [0.25, 0.3) is 0 Å². The Kier molecular flexibility index (Phi) is 4.93. The molecule has 4 heteroatoms. The van der Waals surface area contributed by atoms with Gasteiger partial charge in [-0.15, -0.1) is 11.3 Å². The maximum absolute atomic E-state index is 13.8. The molecule has 0 saturated carbocycles. The van der Waals surface area contributed by atoms with Crippen molar-refractivity contribution in [3.05, 3.63) is 52.0 Å². The minimum absolute atomic E-state index is 0.0804. The van der Waals surface area contributed by atoms with Gasteiger partial charge < -0.3 is 10.1 Å². The molecule has 0 aliphatic rings. The van der Waals surface area contributed by atoms with Gasteiger partial charge in [0.05, 0.1) is 12.0 Å². The first-order chi connectivity index (χ1) is 9.26. The SMILES string of the molecule is CCNC(Cc1ccccc1F)c1sccc1OC. The van der Waals surface area contributed by atoms with Crippen LogP contribution in [0.2, 0.25) is 0 Å². The Morgan fingerprint density at radius 2 is 2.11 bits per heavy atom. The van der Waals surface area contributed by atoms with Gasteiger partial charge in [0.2, 0.25) is 0 Å². The number of hydrogen-bond acceptors (Lipinski definition) is 3. The molecule has 0 bridgehead atoms. The van der Waals surface area contributed by atoms with E-state index in [2.05, 4.69) is 12.2 Å². The highest BCUT2D eigenvalue weighted by Crippen LogP contribution is 2.33. The Morgan fingerprint density at radius 3 is 2.79 bits per heavy atom. The number of thiophene rings is 1. The molecule has 19 heavy (non-hydrogen) atoms. The van der Waals surface area contributed by atoms with Crippen LogP contribution in [0.4, 0.5) is 4.39 Å². The summed E-state index contributed by atoms with van der Waals surface area (Å²) in [6.07, 6.45) is 0.622. The lowest BCUT2D eigenvalue weighted by atomic mass is 10.0. The predicted molar refractivity (Wildman–Crippen MR) is 77.4 cm³/mol. The Balaban J connectivity index is 2.24. The van der Waals surface area contributed by atoms with Crippen LogP contribution in [0, 0.1) is 5.82 Å². The third-order valence-electron chi connectivity index (χ3n) is 3.03. The summed E-state index contributed by atoms with van der Waals surface area (Å²) in [5, 5.41) is 5.40. The van der Waals surface area contributed by atoms with E-state index in [1.807, 2.05) is 23.6 Å². The quantitative estimate of drug-likeness (QED) is 0.868. The van der Waals surface area contributed by atoms with Crippen molar-refractivity contribution in [2.45, 2.75) is 19.4 Å². The summed E-state index contributed by atoms with van der Waals surface area (Å²) < 4.78 is 19.1. The van der Waals surface area contributed by atoms with E-state index in [0.717, 1.165) is 22.7 Å². The first-order valence-electron chi connectivity index (χ1n) is 6.34. The first-order valence-corrected chi connectivity index (χ1v) is 7.22. The molecule has 1 atom stereocenters. The summed E-state index contributed by atoms with van der Waals surface area (Å²) in [6.45, 7) is 2.88. The van der Waals surface area contributed by atoms with Crippen LogP contribution in [0.15, 0.2) is 35.7 Å². The summed E-state index contributed by atoms with van der Waals surface area (Å²) in [5.41, 5.74) is 0.726. The second-order valence-electron chi connectivity index (χ2n) is 4.26. The maximum Gasteiger partial charge on any atom is 0.134 e. The van der Waals surface area contributed by atoms with E-state index < -0.39 is 0 Å². The van der Waals surface area contributed by atoms with Crippen LogP contribution in [-0.2, 0) is 6.42 Å². The smallest absolute Gasteiger partial charge is 0.134 e. The summed E-state index contributed by atoms with van der Waals surface area (Å²) in [4.78, 5) is 1.12. The second-order valence-corrected chi connectivity index (χ2v) is 5.21. The third-order valence-corrected chi connectivity index (χ3v) is 4.04. The molecule has 1 unspecified atom stereocenters. The highest BCUT2D eigenvalue weighted by Gasteiger charge is 2.18.